The Labute approximate surface area is 130 Å². The van der Waals surface area contributed by atoms with Crippen LogP contribution in [0.1, 0.15) is 51.9 Å². The first-order valence-electron chi connectivity index (χ1n) is 8.77. The minimum atomic E-state index is -0.433. The Morgan fingerprint density at radius 1 is 1.10 bits per heavy atom. The average Bonchev–Trinajstić information content (AvgIpc) is 2.86. The molecule has 0 amide bonds. The zero-order valence-electron chi connectivity index (χ0n) is 14.0. The molecule has 0 unspecified atom stereocenters. The van der Waals surface area contributed by atoms with Crippen LogP contribution in [0.15, 0.2) is 0 Å². The second-order valence-corrected chi connectivity index (χ2v) is 7.39. The molecule has 0 aromatic rings. The monoisotopic (exact) mass is 298 g/mol. The summed E-state index contributed by atoms with van der Waals surface area (Å²) in [4.78, 5) is 2.37. The van der Waals surface area contributed by atoms with Gasteiger partial charge in [-0.3, -0.25) is 0 Å². The van der Waals surface area contributed by atoms with Crippen LogP contribution in [0.5, 0.6) is 0 Å². The third-order valence-corrected chi connectivity index (χ3v) is 5.18. The molecule has 0 radical (unpaired) electrons. The van der Waals surface area contributed by atoms with E-state index in [1.165, 1.54) is 19.3 Å². The van der Waals surface area contributed by atoms with Crippen molar-refractivity contribution in [2.45, 2.75) is 57.5 Å². The topological polar surface area (TPSA) is 44.7 Å². The SMILES string of the molecule is CCCNCC1(CN(C)CC2(O)CCCC2)CCOCC1. The van der Waals surface area contributed by atoms with Gasteiger partial charge in [0.2, 0.25) is 0 Å². The first kappa shape index (κ1) is 17.2. The van der Waals surface area contributed by atoms with Crippen LogP contribution in [0.25, 0.3) is 0 Å². The van der Waals surface area contributed by atoms with Crippen molar-refractivity contribution in [3.8, 4) is 0 Å². The highest BCUT2D eigenvalue weighted by molar-refractivity contribution is 4.91. The maximum absolute atomic E-state index is 10.6. The van der Waals surface area contributed by atoms with Gasteiger partial charge in [0.1, 0.15) is 0 Å². The smallest absolute Gasteiger partial charge is 0.0774 e. The van der Waals surface area contributed by atoms with Gasteiger partial charge in [0.15, 0.2) is 0 Å². The second kappa shape index (κ2) is 7.91. The fraction of sp³-hybridized carbons (Fsp3) is 1.00. The Hall–Kier alpha value is -0.160. The van der Waals surface area contributed by atoms with Gasteiger partial charge in [0, 0.05) is 32.8 Å². The van der Waals surface area contributed by atoms with Crippen LogP contribution in [0, 0.1) is 5.41 Å². The van der Waals surface area contributed by atoms with E-state index in [0.29, 0.717) is 5.41 Å². The molecule has 0 spiro atoms. The third-order valence-electron chi connectivity index (χ3n) is 5.18. The molecule has 1 saturated carbocycles. The first-order chi connectivity index (χ1) is 10.1. The maximum Gasteiger partial charge on any atom is 0.0774 e. The zero-order valence-corrected chi connectivity index (χ0v) is 14.0. The fourth-order valence-corrected chi connectivity index (χ4v) is 4.05. The lowest BCUT2D eigenvalue weighted by Crippen LogP contribution is -2.49. The van der Waals surface area contributed by atoms with E-state index in [4.69, 9.17) is 4.74 Å². The van der Waals surface area contributed by atoms with Crippen molar-refractivity contribution in [2.75, 3.05) is 46.4 Å². The summed E-state index contributed by atoms with van der Waals surface area (Å²) in [5.41, 5.74) is -0.116. The Bertz CT molecular complexity index is 297. The quantitative estimate of drug-likeness (QED) is 0.673. The summed E-state index contributed by atoms with van der Waals surface area (Å²) in [6.07, 6.45) is 7.76. The van der Waals surface area contributed by atoms with Crippen molar-refractivity contribution in [2.24, 2.45) is 5.41 Å². The lowest BCUT2D eigenvalue weighted by atomic mass is 9.79. The van der Waals surface area contributed by atoms with Gasteiger partial charge in [-0.25, -0.2) is 0 Å². The number of likely N-dealkylation sites (N-methyl/N-ethyl adjacent to an activating group) is 1. The summed E-state index contributed by atoms with van der Waals surface area (Å²) < 4.78 is 5.57. The second-order valence-electron chi connectivity index (χ2n) is 7.39. The number of nitrogens with one attached hydrogen (secondary N) is 1. The van der Waals surface area contributed by atoms with Crippen LogP contribution in [0.3, 0.4) is 0 Å². The Morgan fingerprint density at radius 3 is 2.38 bits per heavy atom. The highest BCUT2D eigenvalue weighted by Gasteiger charge is 2.37. The van der Waals surface area contributed by atoms with Crippen LogP contribution >= 0.6 is 0 Å². The predicted molar refractivity (Wildman–Crippen MR) is 86.6 cm³/mol. The van der Waals surface area contributed by atoms with Crippen LogP contribution < -0.4 is 5.32 Å². The molecule has 124 valence electrons. The van der Waals surface area contributed by atoms with Gasteiger partial charge in [0.25, 0.3) is 0 Å². The Kier molecular flexibility index (Phi) is 6.48. The van der Waals surface area contributed by atoms with Crippen LogP contribution in [0.2, 0.25) is 0 Å². The molecule has 4 heteroatoms. The molecular weight excluding hydrogens is 264 g/mol. The van der Waals surface area contributed by atoms with E-state index in [2.05, 4.69) is 24.2 Å². The summed E-state index contributed by atoms with van der Waals surface area (Å²) >= 11 is 0. The number of hydrogen-bond donors (Lipinski definition) is 2. The number of hydrogen-bond acceptors (Lipinski definition) is 4. The van der Waals surface area contributed by atoms with Crippen molar-refractivity contribution in [1.29, 1.82) is 0 Å². The highest BCUT2D eigenvalue weighted by Crippen LogP contribution is 2.33. The van der Waals surface area contributed by atoms with E-state index in [0.717, 1.165) is 65.1 Å². The summed E-state index contributed by atoms with van der Waals surface area (Å²) in [6.45, 7) is 8.03. The maximum atomic E-state index is 10.6. The van der Waals surface area contributed by atoms with E-state index in [9.17, 15) is 5.11 Å². The van der Waals surface area contributed by atoms with E-state index in [-0.39, 0.29) is 0 Å². The first-order valence-corrected chi connectivity index (χ1v) is 8.77. The molecule has 2 fully saturated rings. The molecule has 0 atom stereocenters. The molecule has 2 aliphatic rings. The van der Waals surface area contributed by atoms with E-state index < -0.39 is 5.60 Å². The van der Waals surface area contributed by atoms with E-state index in [1.807, 2.05) is 0 Å². The predicted octanol–water partition coefficient (Wildman–Crippen LogP) is 2.02. The standard InChI is InChI=1S/C17H34N2O2/c1-3-10-18-13-16(8-11-21-12-9-16)14-19(2)15-17(20)6-4-5-7-17/h18,20H,3-15H2,1-2H3. The highest BCUT2D eigenvalue weighted by atomic mass is 16.5. The molecule has 0 aromatic carbocycles. The largest absolute Gasteiger partial charge is 0.389 e. The molecule has 1 heterocycles. The van der Waals surface area contributed by atoms with Crippen molar-refractivity contribution in [3.63, 3.8) is 0 Å². The lowest BCUT2D eigenvalue weighted by Gasteiger charge is -2.41. The molecule has 0 aromatic heterocycles. The van der Waals surface area contributed by atoms with Crippen molar-refractivity contribution in [1.82, 2.24) is 10.2 Å². The van der Waals surface area contributed by atoms with Gasteiger partial charge in [-0.15, -0.1) is 0 Å². The van der Waals surface area contributed by atoms with Gasteiger partial charge in [-0.1, -0.05) is 19.8 Å². The lowest BCUT2D eigenvalue weighted by molar-refractivity contribution is -0.0255. The molecule has 1 aliphatic heterocycles. The molecule has 21 heavy (non-hydrogen) atoms. The van der Waals surface area contributed by atoms with Gasteiger partial charge >= 0.3 is 0 Å². The molecule has 0 bridgehead atoms. The van der Waals surface area contributed by atoms with Crippen molar-refractivity contribution >= 4 is 0 Å². The molecule has 1 saturated heterocycles. The van der Waals surface area contributed by atoms with Crippen LogP contribution in [-0.4, -0.2) is 62.0 Å². The minimum absolute atomic E-state index is 0.317. The molecule has 2 rings (SSSR count). The number of rotatable bonds is 8. The minimum Gasteiger partial charge on any atom is -0.389 e. The number of nitrogens with zero attached hydrogens (tertiary/aromatic N) is 1. The number of ether oxygens (including phenoxy) is 1. The summed E-state index contributed by atoms with van der Waals surface area (Å²) in [5.74, 6) is 0. The molecular formula is C17H34N2O2. The number of aliphatic hydroxyl groups is 1. The zero-order chi connectivity index (χ0) is 15.2. The average molecular weight is 298 g/mol. The molecule has 2 N–H and O–H groups in total. The van der Waals surface area contributed by atoms with Gasteiger partial charge < -0.3 is 20.1 Å². The van der Waals surface area contributed by atoms with Gasteiger partial charge in [-0.05, 0) is 51.1 Å². The van der Waals surface area contributed by atoms with Crippen LogP contribution in [-0.2, 0) is 4.74 Å². The Morgan fingerprint density at radius 2 is 1.76 bits per heavy atom. The summed E-state index contributed by atoms with van der Waals surface area (Å²) in [7, 11) is 2.17. The Balaban J connectivity index is 1.87. The van der Waals surface area contributed by atoms with Gasteiger partial charge in [-0.2, -0.15) is 0 Å². The van der Waals surface area contributed by atoms with Crippen molar-refractivity contribution < 1.29 is 9.84 Å². The van der Waals surface area contributed by atoms with Gasteiger partial charge in [0.05, 0.1) is 5.60 Å². The normalized spacial score (nSPS) is 24.6. The summed E-state index contributed by atoms with van der Waals surface area (Å²) in [6, 6.07) is 0. The third kappa shape index (κ3) is 5.20. The summed E-state index contributed by atoms with van der Waals surface area (Å²) in [5, 5.41) is 14.2. The molecule has 4 nitrogen and oxygen atoms in total. The van der Waals surface area contributed by atoms with Crippen LogP contribution in [0.4, 0.5) is 0 Å². The van der Waals surface area contributed by atoms with E-state index in [1.54, 1.807) is 0 Å². The molecule has 1 aliphatic carbocycles. The van der Waals surface area contributed by atoms with E-state index >= 15 is 0 Å². The van der Waals surface area contributed by atoms with Crippen molar-refractivity contribution in [3.05, 3.63) is 0 Å². The fourth-order valence-electron chi connectivity index (χ4n) is 4.05.